The summed E-state index contributed by atoms with van der Waals surface area (Å²) in [5, 5.41) is 0.765. The third-order valence-corrected chi connectivity index (χ3v) is 5.12. The smallest absolute Gasteiger partial charge is 0.231 e. The standard InChI is InChI=1S/C18H17ClN2O2S/c19-14-2-4-15(5-3-14)20-7-9-21(10-8-20)18(24)13-1-6-16-17(11-13)23-12-22-16/h1-6,11H,7-10,12H2. The number of hydrogen-bond donors (Lipinski definition) is 0. The van der Waals surface area contributed by atoms with E-state index in [1.807, 2.05) is 30.3 Å². The van der Waals surface area contributed by atoms with Crippen LogP contribution in [0.15, 0.2) is 42.5 Å². The van der Waals surface area contributed by atoms with Crippen LogP contribution in [0.5, 0.6) is 11.5 Å². The van der Waals surface area contributed by atoms with Crippen LogP contribution in [0.3, 0.4) is 0 Å². The zero-order chi connectivity index (χ0) is 16.5. The molecule has 0 aromatic heterocycles. The van der Waals surface area contributed by atoms with Crippen molar-refractivity contribution in [3.63, 3.8) is 0 Å². The molecule has 2 aliphatic heterocycles. The summed E-state index contributed by atoms with van der Waals surface area (Å²) in [6.07, 6.45) is 0. The molecule has 0 bridgehead atoms. The monoisotopic (exact) mass is 360 g/mol. The van der Waals surface area contributed by atoms with Gasteiger partial charge in [-0.2, -0.15) is 0 Å². The van der Waals surface area contributed by atoms with Crippen molar-refractivity contribution in [2.24, 2.45) is 0 Å². The largest absolute Gasteiger partial charge is 0.454 e. The van der Waals surface area contributed by atoms with Crippen molar-refractivity contribution in [3.05, 3.63) is 53.1 Å². The molecule has 0 spiro atoms. The summed E-state index contributed by atoms with van der Waals surface area (Å²) in [6.45, 7) is 3.95. The quantitative estimate of drug-likeness (QED) is 0.762. The van der Waals surface area contributed by atoms with E-state index in [0.717, 1.165) is 53.3 Å². The predicted octanol–water partition coefficient (Wildman–Crippen LogP) is 3.57. The Morgan fingerprint density at radius 1 is 0.917 bits per heavy atom. The molecule has 0 aliphatic carbocycles. The highest BCUT2D eigenvalue weighted by atomic mass is 35.5. The highest BCUT2D eigenvalue weighted by Crippen LogP contribution is 2.33. The highest BCUT2D eigenvalue weighted by Gasteiger charge is 2.22. The molecule has 0 radical (unpaired) electrons. The molecule has 0 atom stereocenters. The van der Waals surface area contributed by atoms with Gasteiger partial charge in [0, 0.05) is 42.5 Å². The lowest BCUT2D eigenvalue weighted by Crippen LogP contribution is -2.48. The molecule has 2 aliphatic rings. The van der Waals surface area contributed by atoms with Crippen LogP contribution in [0.1, 0.15) is 5.56 Å². The molecule has 124 valence electrons. The molecular weight excluding hydrogens is 344 g/mol. The Labute approximate surface area is 151 Å². The number of hydrogen-bond acceptors (Lipinski definition) is 4. The Kier molecular flexibility index (Phi) is 4.21. The Hall–Kier alpha value is -1.98. The molecule has 1 fully saturated rings. The Morgan fingerprint density at radius 2 is 1.62 bits per heavy atom. The van der Waals surface area contributed by atoms with E-state index in [1.165, 1.54) is 5.69 Å². The summed E-state index contributed by atoms with van der Waals surface area (Å²) in [6, 6.07) is 13.9. The van der Waals surface area contributed by atoms with Gasteiger partial charge in [0.2, 0.25) is 6.79 Å². The molecule has 0 unspecified atom stereocenters. The summed E-state index contributed by atoms with van der Waals surface area (Å²) in [5.74, 6) is 1.56. The van der Waals surface area contributed by atoms with Crippen molar-refractivity contribution in [2.45, 2.75) is 0 Å². The normalized spacial score (nSPS) is 16.4. The van der Waals surface area contributed by atoms with Gasteiger partial charge in [-0.3, -0.25) is 0 Å². The minimum atomic E-state index is 0.283. The fraction of sp³-hybridized carbons (Fsp3) is 0.278. The van der Waals surface area contributed by atoms with Gasteiger partial charge < -0.3 is 19.3 Å². The zero-order valence-electron chi connectivity index (χ0n) is 13.1. The number of nitrogens with zero attached hydrogens (tertiary/aromatic N) is 2. The molecule has 2 heterocycles. The minimum absolute atomic E-state index is 0.283. The van der Waals surface area contributed by atoms with Crippen molar-refractivity contribution in [3.8, 4) is 11.5 Å². The first-order valence-corrected chi connectivity index (χ1v) is 8.69. The third-order valence-electron chi connectivity index (χ3n) is 4.38. The van der Waals surface area contributed by atoms with Gasteiger partial charge in [-0.25, -0.2) is 0 Å². The van der Waals surface area contributed by atoms with Crippen LogP contribution in [-0.4, -0.2) is 42.9 Å². The average Bonchev–Trinajstić information content (AvgIpc) is 3.09. The van der Waals surface area contributed by atoms with Crippen LogP contribution in [-0.2, 0) is 0 Å². The van der Waals surface area contributed by atoms with Gasteiger partial charge in [-0.05, 0) is 42.5 Å². The molecule has 4 nitrogen and oxygen atoms in total. The van der Waals surface area contributed by atoms with Crippen molar-refractivity contribution in [2.75, 3.05) is 37.9 Å². The minimum Gasteiger partial charge on any atom is -0.454 e. The molecule has 24 heavy (non-hydrogen) atoms. The summed E-state index contributed by atoms with van der Waals surface area (Å²) in [5.41, 5.74) is 2.21. The van der Waals surface area contributed by atoms with Crippen LogP contribution in [0.4, 0.5) is 5.69 Å². The summed E-state index contributed by atoms with van der Waals surface area (Å²) < 4.78 is 10.8. The van der Waals surface area contributed by atoms with Gasteiger partial charge in [0.05, 0.1) is 0 Å². The van der Waals surface area contributed by atoms with E-state index in [-0.39, 0.29) is 6.79 Å². The van der Waals surface area contributed by atoms with Crippen molar-refractivity contribution >= 4 is 34.5 Å². The van der Waals surface area contributed by atoms with Gasteiger partial charge in [0.1, 0.15) is 4.99 Å². The van der Waals surface area contributed by atoms with E-state index < -0.39 is 0 Å². The number of rotatable bonds is 2. The second-order valence-corrected chi connectivity index (χ2v) is 6.65. The lowest BCUT2D eigenvalue weighted by atomic mass is 10.1. The Bertz CT molecular complexity index is 758. The van der Waals surface area contributed by atoms with Gasteiger partial charge in [0.25, 0.3) is 0 Å². The number of benzene rings is 2. The first-order chi connectivity index (χ1) is 11.7. The van der Waals surface area contributed by atoms with Crippen molar-refractivity contribution in [1.29, 1.82) is 0 Å². The van der Waals surface area contributed by atoms with E-state index in [9.17, 15) is 0 Å². The Morgan fingerprint density at radius 3 is 2.38 bits per heavy atom. The van der Waals surface area contributed by atoms with E-state index in [0.29, 0.717) is 0 Å². The third kappa shape index (κ3) is 3.01. The molecule has 4 rings (SSSR count). The lowest BCUT2D eigenvalue weighted by Gasteiger charge is -2.37. The van der Waals surface area contributed by atoms with Crippen molar-refractivity contribution < 1.29 is 9.47 Å². The van der Waals surface area contributed by atoms with Crippen LogP contribution in [0.25, 0.3) is 0 Å². The number of halogens is 1. The number of thiocarbonyl (C=S) groups is 1. The highest BCUT2D eigenvalue weighted by molar-refractivity contribution is 7.80. The second kappa shape index (κ2) is 6.49. The molecule has 1 saturated heterocycles. The average molecular weight is 361 g/mol. The number of ether oxygens (including phenoxy) is 2. The topological polar surface area (TPSA) is 24.9 Å². The second-order valence-electron chi connectivity index (χ2n) is 5.82. The van der Waals surface area contributed by atoms with Crippen LogP contribution in [0, 0.1) is 0 Å². The van der Waals surface area contributed by atoms with Gasteiger partial charge >= 0.3 is 0 Å². The molecule has 0 amide bonds. The van der Waals surface area contributed by atoms with Crippen molar-refractivity contribution in [1.82, 2.24) is 4.90 Å². The molecule has 6 heteroatoms. The molecule has 2 aromatic rings. The number of piperazine rings is 1. The van der Waals surface area contributed by atoms with Gasteiger partial charge in [-0.15, -0.1) is 0 Å². The summed E-state index contributed by atoms with van der Waals surface area (Å²) in [7, 11) is 0. The van der Waals surface area contributed by atoms with Gasteiger partial charge in [0.15, 0.2) is 11.5 Å². The lowest BCUT2D eigenvalue weighted by molar-refractivity contribution is 0.174. The molecule has 0 saturated carbocycles. The summed E-state index contributed by atoms with van der Waals surface area (Å²) in [4.78, 5) is 5.47. The summed E-state index contributed by atoms with van der Waals surface area (Å²) >= 11 is 11.6. The fourth-order valence-electron chi connectivity index (χ4n) is 3.03. The first-order valence-electron chi connectivity index (χ1n) is 7.90. The number of fused-ring (bicyclic) bond motifs is 1. The predicted molar refractivity (Wildman–Crippen MR) is 99.5 cm³/mol. The van der Waals surface area contributed by atoms with Crippen LogP contribution < -0.4 is 14.4 Å². The molecule has 0 N–H and O–H groups in total. The number of anilines is 1. The Balaban J connectivity index is 1.42. The van der Waals surface area contributed by atoms with E-state index in [4.69, 9.17) is 33.3 Å². The molecule has 2 aromatic carbocycles. The van der Waals surface area contributed by atoms with Crippen LogP contribution in [0.2, 0.25) is 5.02 Å². The molecular formula is C18H17ClN2O2S. The maximum Gasteiger partial charge on any atom is 0.231 e. The van der Waals surface area contributed by atoms with E-state index in [1.54, 1.807) is 0 Å². The zero-order valence-corrected chi connectivity index (χ0v) is 14.6. The maximum absolute atomic E-state index is 5.96. The van der Waals surface area contributed by atoms with E-state index >= 15 is 0 Å². The fourth-order valence-corrected chi connectivity index (χ4v) is 3.47. The van der Waals surface area contributed by atoms with Crippen LogP contribution >= 0.6 is 23.8 Å². The maximum atomic E-state index is 5.96. The van der Waals surface area contributed by atoms with E-state index in [2.05, 4.69) is 21.9 Å². The first kappa shape index (κ1) is 15.5. The SMILES string of the molecule is S=C(c1ccc2c(c1)OCO2)N1CCN(c2ccc(Cl)cc2)CC1. The van der Waals surface area contributed by atoms with Gasteiger partial charge in [-0.1, -0.05) is 23.8 Å².